The molecule has 136 valence electrons. The number of aryl methyl sites for hydroxylation is 3. The van der Waals surface area contributed by atoms with Gasteiger partial charge in [0.25, 0.3) is 0 Å². The van der Waals surface area contributed by atoms with Crippen molar-refractivity contribution in [2.45, 2.75) is 35.5 Å². The van der Waals surface area contributed by atoms with Crippen LogP contribution in [-0.2, 0) is 4.57 Å². The topological polar surface area (TPSA) is 57.5 Å². The molecule has 3 aromatic rings. The summed E-state index contributed by atoms with van der Waals surface area (Å²) in [6.07, 6.45) is 0. The van der Waals surface area contributed by atoms with Gasteiger partial charge in [-0.05, 0) is 57.2 Å². The molecular formula is C21H23O3PS. The van der Waals surface area contributed by atoms with Crippen molar-refractivity contribution in [3.8, 4) is 0 Å². The Hall–Kier alpha value is -1.84. The Morgan fingerprint density at radius 2 is 0.808 bits per heavy atom. The average molecular weight is 386 g/mol. The first-order valence-electron chi connectivity index (χ1n) is 8.34. The van der Waals surface area contributed by atoms with E-state index in [9.17, 15) is 14.4 Å². The van der Waals surface area contributed by atoms with Crippen LogP contribution in [0.25, 0.3) is 0 Å². The minimum atomic E-state index is -4.53. The smallest absolute Gasteiger partial charge is 0.317 e. The van der Waals surface area contributed by atoms with Crippen LogP contribution in [-0.4, -0.2) is 9.79 Å². The molecule has 0 fully saturated rings. The van der Waals surface area contributed by atoms with Gasteiger partial charge in [-0.1, -0.05) is 62.7 Å². The minimum absolute atomic E-state index is 0.670. The molecule has 0 saturated heterocycles. The average Bonchev–Trinajstić information content (AvgIpc) is 2.59. The van der Waals surface area contributed by atoms with Gasteiger partial charge in [-0.25, -0.2) is 4.57 Å². The lowest BCUT2D eigenvalue weighted by Gasteiger charge is -2.41. The van der Waals surface area contributed by atoms with E-state index in [2.05, 4.69) is 0 Å². The van der Waals surface area contributed by atoms with Crippen molar-refractivity contribution in [1.29, 1.82) is 0 Å². The zero-order chi connectivity index (χ0) is 18.9. The standard InChI is InChI=1S/C21H23O3PS/c1-16-4-10-19(11-5-16)26(25(22,23)24,20-12-6-17(2)7-13-20)21-14-8-18(3)9-15-21/h4-15H,1-3H3,(H2,22,23,24). The van der Waals surface area contributed by atoms with Crippen LogP contribution in [0.4, 0.5) is 0 Å². The summed E-state index contributed by atoms with van der Waals surface area (Å²) in [6.45, 7) is 1.37. The molecule has 5 heteroatoms. The molecule has 3 rings (SSSR count). The second-order valence-electron chi connectivity index (χ2n) is 6.51. The first-order valence-corrected chi connectivity index (χ1v) is 12.2. The van der Waals surface area contributed by atoms with Gasteiger partial charge in [-0.2, -0.15) is 0 Å². The zero-order valence-electron chi connectivity index (χ0n) is 15.1. The third kappa shape index (κ3) is 3.26. The molecular weight excluding hydrogens is 363 g/mol. The van der Waals surface area contributed by atoms with E-state index in [0.717, 1.165) is 16.7 Å². The molecule has 0 bridgehead atoms. The minimum Gasteiger partial charge on any atom is -0.317 e. The molecule has 0 aromatic heterocycles. The maximum atomic E-state index is 13.0. The second-order valence-corrected chi connectivity index (χ2v) is 13.1. The lowest BCUT2D eigenvalue weighted by Crippen LogP contribution is -2.05. The molecule has 0 aliphatic carbocycles. The van der Waals surface area contributed by atoms with Crippen LogP contribution < -0.4 is 0 Å². The SMILES string of the molecule is Cc1ccc(S(c2ccc(C)cc2)(c2ccc(C)cc2)P(=O)(O)O)cc1. The highest BCUT2D eigenvalue weighted by Crippen LogP contribution is 2.88. The van der Waals surface area contributed by atoms with Crippen molar-refractivity contribution in [3.63, 3.8) is 0 Å². The van der Waals surface area contributed by atoms with Crippen LogP contribution >= 0.6 is 16.4 Å². The van der Waals surface area contributed by atoms with E-state index >= 15 is 0 Å². The highest BCUT2D eigenvalue weighted by atomic mass is 32.8. The largest absolute Gasteiger partial charge is 0.378 e. The maximum Gasteiger partial charge on any atom is 0.378 e. The fourth-order valence-corrected chi connectivity index (χ4v) is 9.82. The van der Waals surface area contributed by atoms with Crippen LogP contribution in [0.3, 0.4) is 0 Å². The maximum absolute atomic E-state index is 13.0. The van der Waals surface area contributed by atoms with Gasteiger partial charge >= 0.3 is 6.80 Å². The fourth-order valence-electron chi connectivity index (χ4n) is 3.03. The van der Waals surface area contributed by atoms with E-state index < -0.39 is 16.4 Å². The van der Waals surface area contributed by atoms with Crippen molar-refractivity contribution < 1.29 is 14.4 Å². The van der Waals surface area contributed by atoms with Crippen LogP contribution in [0.2, 0.25) is 0 Å². The summed E-state index contributed by atoms with van der Waals surface area (Å²) in [6, 6.07) is 22.6. The van der Waals surface area contributed by atoms with Crippen LogP contribution in [0.1, 0.15) is 16.7 Å². The summed E-state index contributed by atoms with van der Waals surface area (Å²) in [4.78, 5) is 23.3. The Kier molecular flexibility index (Phi) is 5.14. The molecule has 0 unspecified atom stereocenters. The number of hydrogen-bond acceptors (Lipinski definition) is 1. The van der Waals surface area contributed by atoms with Crippen molar-refractivity contribution in [1.82, 2.24) is 0 Å². The van der Waals surface area contributed by atoms with E-state index in [1.807, 2.05) is 93.6 Å². The quantitative estimate of drug-likeness (QED) is 0.542. The molecule has 0 spiro atoms. The Morgan fingerprint density at radius 3 is 1.00 bits per heavy atom. The molecule has 0 heterocycles. The van der Waals surface area contributed by atoms with Gasteiger partial charge in [-0.15, -0.1) is 0 Å². The summed E-state index contributed by atoms with van der Waals surface area (Å²) in [5, 5.41) is 0. The first kappa shape index (κ1) is 18.9. The molecule has 0 saturated carbocycles. The summed E-state index contributed by atoms with van der Waals surface area (Å²) in [5.41, 5.74) is 3.17. The number of rotatable bonds is 4. The van der Waals surface area contributed by atoms with Crippen molar-refractivity contribution in [3.05, 3.63) is 89.5 Å². The van der Waals surface area contributed by atoms with Crippen molar-refractivity contribution in [2.75, 3.05) is 0 Å². The predicted molar refractivity (Wildman–Crippen MR) is 108 cm³/mol. The Balaban J connectivity index is 2.42. The lowest BCUT2D eigenvalue weighted by molar-refractivity contribution is 0.395. The summed E-state index contributed by atoms with van der Waals surface area (Å²) in [7, 11) is -2.73. The lowest BCUT2D eigenvalue weighted by atomic mass is 10.2. The molecule has 3 nitrogen and oxygen atoms in total. The van der Waals surface area contributed by atoms with E-state index in [0.29, 0.717) is 14.7 Å². The van der Waals surface area contributed by atoms with Gasteiger partial charge in [-0.3, -0.25) is 0 Å². The Bertz CT molecular complexity index is 831. The highest BCUT2D eigenvalue weighted by Gasteiger charge is 2.46. The summed E-state index contributed by atoms with van der Waals surface area (Å²) >= 11 is 0. The van der Waals surface area contributed by atoms with E-state index in [4.69, 9.17) is 0 Å². The van der Waals surface area contributed by atoms with Gasteiger partial charge in [0.2, 0.25) is 0 Å². The van der Waals surface area contributed by atoms with Gasteiger partial charge in [0, 0.05) is 14.7 Å². The van der Waals surface area contributed by atoms with E-state index in [1.165, 1.54) is 0 Å². The second kappa shape index (κ2) is 7.05. The van der Waals surface area contributed by atoms with Crippen LogP contribution in [0.15, 0.2) is 87.5 Å². The van der Waals surface area contributed by atoms with Crippen molar-refractivity contribution >= 4 is 16.4 Å². The van der Waals surface area contributed by atoms with Crippen molar-refractivity contribution in [2.24, 2.45) is 0 Å². The van der Waals surface area contributed by atoms with Gasteiger partial charge in [0.15, 0.2) is 0 Å². The first-order chi connectivity index (χ1) is 12.2. The Morgan fingerprint density at radius 1 is 0.577 bits per heavy atom. The fraction of sp³-hybridized carbons (Fsp3) is 0.143. The van der Waals surface area contributed by atoms with Crippen LogP contribution in [0, 0.1) is 20.8 Å². The summed E-state index contributed by atoms with van der Waals surface area (Å²) in [5.74, 6) is 0. The monoisotopic (exact) mass is 386 g/mol. The molecule has 0 aliphatic heterocycles. The zero-order valence-corrected chi connectivity index (χ0v) is 16.8. The molecule has 0 atom stereocenters. The molecule has 3 aromatic carbocycles. The number of hydrogen-bond donors (Lipinski definition) is 2. The van der Waals surface area contributed by atoms with E-state index in [-0.39, 0.29) is 0 Å². The predicted octanol–water partition coefficient (Wildman–Crippen LogP) is 5.99. The molecule has 0 amide bonds. The van der Waals surface area contributed by atoms with E-state index in [1.54, 1.807) is 0 Å². The normalized spacial score (nSPS) is 12.8. The third-order valence-electron chi connectivity index (χ3n) is 4.44. The molecule has 0 aliphatic rings. The summed E-state index contributed by atoms with van der Waals surface area (Å²) < 4.78 is 13.0. The van der Waals surface area contributed by atoms with Gasteiger partial charge < -0.3 is 9.79 Å². The Labute approximate surface area is 155 Å². The van der Waals surface area contributed by atoms with Crippen LogP contribution in [0.5, 0.6) is 0 Å². The number of benzene rings is 3. The molecule has 26 heavy (non-hydrogen) atoms. The molecule has 2 N–H and O–H groups in total. The molecule has 0 radical (unpaired) electrons. The van der Waals surface area contributed by atoms with Gasteiger partial charge in [0.1, 0.15) is 0 Å². The highest BCUT2D eigenvalue weighted by molar-refractivity contribution is 8.76. The van der Waals surface area contributed by atoms with Gasteiger partial charge in [0.05, 0.1) is 0 Å². The third-order valence-corrected chi connectivity index (χ3v) is 12.1.